The minimum Gasteiger partial charge on any atom is -0.324 e. The van der Waals surface area contributed by atoms with E-state index in [2.05, 4.69) is 15.9 Å². The second-order valence-electron chi connectivity index (χ2n) is 3.09. The van der Waals surface area contributed by atoms with Crippen LogP contribution in [0.25, 0.3) is 0 Å². The fourth-order valence-corrected chi connectivity index (χ4v) is 2.14. The molecule has 1 atom stereocenters. The summed E-state index contributed by atoms with van der Waals surface area (Å²) in [5.74, 6) is 0. The lowest BCUT2D eigenvalue weighted by Crippen LogP contribution is -2.20. The summed E-state index contributed by atoms with van der Waals surface area (Å²) >= 11 is 8.79. The Labute approximate surface area is 111 Å². The minimum atomic E-state index is -4.27. The lowest BCUT2D eigenvalue weighted by molar-refractivity contribution is -0.138. The van der Waals surface area contributed by atoms with Crippen molar-refractivity contribution in [3.63, 3.8) is 0 Å². The molecule has 16 heavy (non-hydrogen) atoms. The summed E-state index contributed by atoms with van der Waals surface area (Å²) in [5, 5.41) is 0.449. The van der Waals surface area contributed by atoms with Crippen LogP contribution in [0, 0.1) is 0 Å². The zero-order valence-electron chi connectivity index (χ0n) is 7.89. The number of nitrogens with two attached hydrogens (primary N) is 1. The number of halogens is 6. The van der Waals surface area contributed by atoms with Gasteiger partial charge in [0.15, 0.2) is 0 Å². The van der Waals surface area contributed by atoms with Crippen molar-refractivity contribution in [3.05, 3.63) is 33.3 Å². The van der Waals surface area contributed by atoms with E-state index in [-0.39, 0.29) is 12.4 Å². The Kier molecular flexibility index (Phi) is 6.11. The molecular formula is C9H9BrCl2F3N. The van der Waals surface area contributed by atoms with Gasteiger partial charge < -0.3 is 5.73 Å². The molecule has 1 aromatic carbocycles. The lowest BCUT2D eigenvalue weighted by atomic mass is 10.0. The number of alkyl halides is 3. The van der Waals surface area contributed by atoms with Crippen LogP contribution < -0.4 is 5.73 Å². The van der Waals surface area contributed by atoms with Gasteiger partial charge in [-0.25, -0.2) is 0 Å². The number of rotatable bonds is 2. The Hall–Kier alpha value is 0.0300. The highest BCUT2D eigenvalue weighted by molar-refractivity contribution is 9.10. The molecule has 0 spiro atoms. The predicted molar refractivity (Wildman–Crippen MR) is 64.0 cm³/mol. The van der Waals surface area contributed by atoms with Gasteiger partial charge in [-0.05, 0) is 17.7 Å². The van der Waals surface area contributed by atoms with Crippen LogP contribution in [-0.2, 0) is 0 Å². The van der Waals surface area contributed by atoms with E-state index < -0.39 is 18.6 Å². The first-order chi connectivity index (χ1) is 6.79. The maximum atomic E-state index is 12.1. The third-order valence-electron chi connectivity index (χ3n) is 1.81. The zero-order chi connectivity index (χ0) is 11.6. The van der Waals surface area contributed by atoms with E-state index in [1.54, 1.807) is 0 Å². The van der Waals surface area contributed by atoms with Crippen LogP contribution >= 0.6 is 39.9 Å². The Morgan fingerprint density at radius 1 is 1.38 bits per heavy atom. The summed E-state index contributed by atoms with van der Waals surface area (Å²) in [6.45, 7) is 0. The van der Waals surface area contributed by atoms with Crippen LogP contribution in [0.15, 0.2) is 22.7 Å². The van der Waals surface area contributed by atoms with Crippen LogP contribution in [0.2, 0.25) is 5.02 Å². The van der Waals surface area contributed by atoms with Gasteiger partial charge in [-0.3, -0.25) is 0 Å². The summed E-state index contributed by atoms with van der Waals surface area (Å²) in [6.07, 6.45) is -5.31. The first-order valence-corrected chi connectivity index (χ1v) is 5.24. The predicted octanol–water partition coefficient (Wildman–Crippen LogP) is 4.48. The largest absolute Gasteiger partial charge is 0.390 e. The van der Waals surface area contributed by atoms with Crippen molar-refractivity contribution >= 4 is 39.9 Å². The first kappa shape index (κ1) is 16.0. The quantitative estimate of drug-likeness (QED) is 0.845. The van der Waals surface area contributed by atoms with E-state index in [0.29, 0.717) is 15.1 Å². The second kappa shape index (κ2) is 6.10. The molecule has 2 N–H and O–H groups in total. The Morgan fingerprint density at radius 2 is 1.94 bits per heavy atom. The van der Waals surface area contributed by atoms with Crippen LogP contribution in [0.3, 0.4) is 0 Å². The molecule has 0 aliphatic carbocycles. The van der Waals surface area contributed by atoms with Gasteiger partial charge in [0.1, 0.15) is 0 Å². The van der Waals surface area contributed by atoms with Gasteiger partial charge in [0.25, 0.3) is 0 Å². The summed E-state index contributed by atoms with van der Waals surface area (Å²) in [6, 6.07) is 3.45. The average Bonchev–Trinajstić information content (AvgIpc) is 1.99. The molecular weight excluding hydrogens is 330 g/mol. The van der Waals surface area contributed by atoms with Gasteiger partial charge in [0, 0.05) is 15.5 Å². The summed E-state index contributed by atoms with van der Waals surface area (Å²) < 4.78 is 36.7. The van der Waals surface area contributed by atoms with Crippen molar-refractivity contribution < 1.29 is 13.2 Å². The normalized spacial score (nSPS) is 13.1. The fraction of sp³-hybridized carbons (Fsp3) is 0.333. The first-order valence-electron chi connectivity index (χ1n) is 4.07. The third kappa shape index (κ3) is 4.91. The molecule has 0 saturated heterocycles. The maximum absolute atomic E-state index is 12.1. The van der Waals surface area contributed by atoms with Gasteiger partial charge in [-0.1, -0.05) is 33.6 Å². The molecule has 92 valence electrons. The highest BCUT2D eigenvalue weighted by Gasteiger charge is 2.31. The van der Waals surface area contributed by atoms with E-state index in [9.17, 15) is 13.2 Å². The molecule has 0 amide bonds. The van der Waals surface area contributed by atoms with Crippen molar-refractivity contribution in [2.45, 2.75) is 18.6 Å². The fourth-order valence-electron chi connectivity index (χ4n) is 1.16. The standard InChI is InChI=1S/C9H8BrClF3N.ClH/c10-7-3-5(11)1-2-6(7)8(15)4-9(12,13)14;/h1-3,8H,4,15H2;1H/t8-;/m1./s1. The van der Waals surface area contributed by atoms with Crippen LogP contribution in [0.5, 0.6) is 0 Å². The molecule has 1 rings (SSSR count). The topological polar surface area (TPSA) is 26.0 Å². The van der Waals surface area contributed by atoms with E-state index in [4.69, 9.17) is 17.3 Å². The molecule has 1 nitrogen and oxygen atoms in total. The second-order valence-corrected chi connectivity index (χ2v) is 4.38. The molecule has 0 bridgehead atoms. The molecule has 0 heterocycles. The van der Waals surface area contributed by atoms with Crippen LogP contribution in [0.1, 0.15) is 18.0 Å². The van der Waals surface area contributed by atoms with Crippen molar-refractivity contribution in [2.75, 3.05) is 0 Å². The highest BCUT2D eigenvalue weighted by Crippen LogP contribution is 2.32. The Balaban J connectivity index is 0.00000225. The summed E-state index contributed by atoms with van der Waals surface area (Å²) in [5.41, 5.74) is 5.84. The van der Waals surface area contributed by atoms with Crippen molar-refractivity contribution in [2.24, 2.45) is 5.73 Å². The molecule has 0 unspecified atom stereocenters. The summed E-state index contributed by atoms with van der Waals surface area (Å²) in [7, 11) is 0. The van der Waals surface area contributed by atoms with E-state index in [1.807, 2.05) is 0 Å². The van der Waals surface area contributed by atoms with E-state index >= 15 is 0 Å². The maximum Gasteiger partial charge on any atom is 0.390 e. The lowest BCUT2D eigenvalue weighted by Gasteiger charge is -2.15. The average molecular weight is 339 g/mol. The summed E-state index contributed by atoms with van der Waals surface area (Å²) in [4.78, 5) is 0. The molecule has 1 aromatic rings. The van der Waals surface area contributed by atoms with E-state index in [0.717, 1.165) is 0 Å². The molecule has 7 heteroatoms. The zero-order valence-corrected chi connectivity index (χ0v) is 11.1. The molecule has 0 radical (unpaired) electrons. The van der Waals surface area contributed by atoms with Crippen molar-refractivity contribution in [1.82, 2.24) is 0 Å². The van der Waals surface area contributed by atoms with Crippen LogP contribution in [0.4, 0.5) is 13.2 Å². The van der Waals surface area contributed by atoms with Gasteiger partial charge >= 0.3 is 6.18 Å². The van der Waals surface area contributed by atoms with Gasteiger partial charge in [0.05, 0.1) is 6.42 Å². The minimum absolute atomic E-state index is 0. The van der Waals surface area contributed by atoms with Gasteiger partial charge in [-0.15, -0.1) is 12.4 Å². The molecule has 0 fully saturated rings. The van der Waals surface area contributed by atoms with Crippen molar-refractivity contribution in [3.8, 4) is 0 Å². The molecule has 0 aromatic heterocycles. The van der Waals surface area contributed by atoms with Crippen LogP contribution in [-0.4, -0.2) is 6.18 Å². The molecule has 0 aliphatic rings. The highest BCUT2D eigenvalue weighted by atomic mass is 79.9. The third-order valence-corrected chi connectivity index (χ3v) is 2.74. The monoisotopic (exact) mass is 337 g/mol. The van der Waals surface area contributed by atoms with Gasteiger partial charge in [-0.2, -0.15) is 13.2 Å². The van der Waals surface area contributed by atoms with Gasteiger partial charge in [0.2, 0.25) is 0 Å². The van der Waals surface area contributed by atoms with Crippen molar-refractivity contribution in [1.29, 1.82) is 0 Å². The molecule has 0 aliphatic heterocycles. The Morgan fingerprint density at radius 3 is 2.38 bits per heavy atom. The smallest absolute Gasteiger partial charge is 0.324 e. The number of benzene rings is 1. The van der Waals surface area contributed by atoms with E-state index in [1.165, 1.54) is 18.2 Å². The Bertz CT molecular complexity index is 357. The molecule has 0 saturated carbocycles. The SMILES string of the molecule is Cl.N[C@H](CC(F)(F)F)c1ccc(Cl)cc1Br. The number of hydrogen-bond acceptors (Lipinski definition) is 1. The number of hydrogen-bond donors (Lipinski definition) is 1.